The molecule has 0 aromatic heterocycles. The van der Waals surface area contributed by atoms with Gasteiger partial charge in [-0.25, -0.2) is 0 Å². The fraction of sp³-hybridized carbons (Fsp3) is 0.914. The van der Waals surface area contributed by atoms with E-state index in [-0.39, 0.29) is 17.1 Å². The van der Waals surface area contributed by atoms with Crippen LogP contribution < -0.4 is 0 Å². The van der Waals surface area contributed by atoms with E-state index in [2.05, 4.69) is 86.8 Å². The molecule has 0 aliphatic carbocycles. The van der Waals surface area contributed by atoms with Gasteiger partial charge in [0.1, 0.15) is 5.40 Å². The van der Waals surface area contributed by atoms with Gasteiger partial charge in [-0.2, -0.15) is 5.26 Å². The molecule has 46 heavy (non-hydrogen) atoms. The predicted molar refractivity (Wildman–Crippen MR) is 209 cm³/mol. The molecule has 0 spiro atoms. The fourth-order valence-electron chi connectivity index (χ4n) is 6.00. The summed E-state index contributed by atoms with van der Waals surface area (Å²) < 4.78 is 0. The summed E-state index contributed by atoms with van der Waals surface area (Å²) in [6, 6.07) is 0. The van der Waals surface area contributed by atoms with Gasteiger partial charge in [-0.3, -0.25) is 0 Å². The third-order valence-corrected chi connectivity index (χ3v) is 8.35. The number of rotatable bonds is 8. The van der Waals surface area contributed by atoms with E-state index in [1.165, 1.54) is 108 Å². The summed E-state index contributed by atoms with van der Waals surface area (Å²) in [6.07, 6.45) is 22.0. The van der Waals surface area contributed by atoms with Crippen LogP contribution in [0.25, 0.3) is 21.3 Å². The molecule has 0 bridgehead atoms. The van der Waals surface area contributed by atoms with Crippen molar-refractivity contribution in [3.8, 4) is 16.2 Å². The van der Waals surface area contributed by atoms with E-state index in [0.29, 0.717) is 0 Å². The van der Waals surface area contributed by atoms with E-state index in [4.69, 9.17) is 15.8 Å². The van der Waals surface area contributed by atoms with Gasteiger partial charge in [0.25, 0.3) is 0 Å². The molecular weight excluding hydrogens is 670 g/mol. The van der Waals surface area contributed by atoms with Crippen molar-refractivity contribution in [2.75, 3.05) is 52.4 Å². The van der Waals surface area contributed by atoms with Crippen LogP contribution in [0.5, 0.6) is 0 Å². The van der Waals surface area contributed by atoms with Crippen LogP contribution >= 0.6 is 12.6 Å². The molecule has 4 saturated heterocycles. The van der Waals surface area contributed by atoms with Crippen molar-refractivity contribution < 1.29 is 17.1 Å². The van der Waals surface area contributed by atoms with Crippen LogP contribution in [0.15, 0.2) is 0 Å². The Hall–Kier alpha value is -0.121. The number of hydrogen-bond donors (Lipinski definition) is 1. The average molecular weight is 739 g/mol. The number of thiocyanates is 3. The number of nitriles is 3. The summed E-state index contributed by atoms with van der Waals surface area (Å²) in [5, 5.41) is 43.4. The molecule has 0 N–H and O–H groups in total. The van der Waals surface area contributed by atoms with Gasteiger partial charge in [-0.15, -0.1) is 62.9 Å². The monoisotopic (exact) mass is 738 g/mol. The topological polar surface area (TPSA) is 128 Å². The maximum atomic E-state index is 7.23. The average Bonchev–Trinajstić information content (AvgIpc) is 3.06. The Kier molecular flexibility index (Phi) is 53.8. The van der Waals surface area contributed by atoms with Gasteiger partial charge in [0, 0.05) is 0 Å². The Morgan fingerprint density at radius 1 is 0.478 bits per heavy atom. The van der Waals surface area contributed by atoms with Crippen LogP contribution in [0.4, 0.5) is 0 Å². The largest absolute Gasteiger partial charge is 3.00 e. The summed E-state index contributed by atoms with van der Waals surface area (Å²) in [6.45, 7) is 18.1. The van der Waals surface area contributed by atoms with Crippen LogP contribution in [0.2, 0.25) is 0 Å². The molecule has 4 aliphatic heterocycles. The second-order valence-electron chi connectivity index (χ2n) is 11.9. The number of piperidine rings is 4. The second kappa shape index (κ2) is 47.0. The number of thiol groups is 1. The Morgan fingerprint density at radius 2 is 0.609 bits per heavy atom. The summed E-state index contributed by atoms with van der Waals surface area (Å²) in [4.78, 5) is 0. The third kappa shape index (κ3) is 41.9. The standard InChI is InChI=1S/4C8H16N.3CHNS.Mn/c4*1-2-3-8-4-6-9-7-5-8;3*2-1-3;/h4*8H,2-7H2,1H3;3*3H;/q4*-1;;;;+3/p+2. The Bertz CT molecular complexity index is 558. The van der Waals surface area contributed by atoms with Crippen molar-refractivity contribution in [2.45, 2.75) is 130 Å². The van der Waals surface area contributed by atoms with E-state index >= 15 is 0 Å². The molecular formula is C35H69MnN7S3+. The molecule has 11 heteroatoms. The molecule has 4 rings (SSSR count). The molecule has 0 radical (unpaired) electrons. The third-order valence-electron chi connectivity index (χ3n) is 8.35. The zero-order valence-corrected chi connectivity index (χ0v) is 33.8. The first-order valence-electron chi connectivity index (χ1n) is 17.7. The van der Waals surface area contributed by atoms with Crippen molar-refractivity contribution in [1.29, 1.82) is 15.8 Å². The Morgan fingerprint density at radius 3 is 0.717 bits per heavy atom. The van der Waals surface area contributed by atoms with E-state index < -0.39 is 0 Å². The van der Waals surface area contributed by atoms with Gasteiger partial charge in [0.15, 0.2) is 0 Å². The minimum Gasteiger partial charge on any atom is -0.662 e. The van der Waals surface area contributed by atoms with Gasteiger partial charge in [-0.1, -0.05) is 143 Å². The molecule has 0 atom stereocenters. The maximum Gasteiger partial charge on any atom is 3.00 e. The minimum atomic E-state index is 0. The first-order valence-corrected chi connectivity index (χ1v) is 19.1. The fourth-order valence-corrected chi connectivity index (χ4v) is 6.00. The zero-order chi connectivity index (χ0) is 34.2. The van der Waals surface area contributed by atoms with E-state index in [0.717, 1.165) is 76.0 Å². The molecule has 0 unspecified atom stereocenters. The maximum absolute atomic E-state index is 7.23. The van der Waals surface area contributed by atoms with Crippen molar-refractivity contribution in [2.24, 2.45) is 23.7 Å². The number of hydrogen-bond acceptors (Lipinski definition) is 4. The summed E-state index contributed by atoms with van der Waals surface area (Å²) in [5.41, 5.74) is 0. The molecule has 4 aliphatic rings. The molecule has 0 aromatic carbocycles. The van der Waals surface area contributed by atoms with Gasteiger partial charge in [0.05, 0.1) is 25.3 Å². The van der Waals surface area contributed by atoms with E-state index in [1.54, 1.807) is 10.8 Å². The van der Waals surface area contributed by atoms with E-state index in [9.17, 15) is 0 Å². The molecule has 0 amide bonds. The SMILES string of the molecule is CCCC1CC[N-]CC1.CCCC1CC[N-]CC1.CCCC1CC[N-]CC1.CCCC1CC[N-]CC1.N#CS.N#C[SH2+].N#C[SH2+].[Mn+3]. The van der Waals surface area contributed by atoms with Gasteiger partial charge in [-0.05, 0) is 23.7 Å². The Labute approximate surface area is 313 Å². The molecule has 0 saturated carbocycles. The molecule has 0 aromatic rings. The quantitative estimate of drug-likeness (QED) is 0.115. The molecule has 4 heterocycles. The van der Waals surface area contributed by atoms with Crippen LogP contribution in [-0.2, 0) is 42.3 Å². The zero-order valence-electron chi connectivity index (χ0n) is 29.7. The van der Waals surface area contributed by atoms with E-state index in [1.807, 2.05) is 0 Å². The summed E-state index contributed by atoms with van der Waals surface area (Å²) in [5.74, 6) is 4.03. The van der Waals surface area contributed by atoms with Gasteiger partial charge in [0.2, 0.25) is 0 Å². The molecule has 4 fully saturated rings. The van der Waals surface area contributed by atoms with Crippen molar-refractivity contribution in [3.63, 3.8) is 0 Å². The summed E-state index contributed by atoms with van der Waals surface area (Å²) >= 11 is 8.07. The predicted octanol–water partition coefficient (Wildman–Crippen LogP) is 9.63. The minimum absolute atomic E-state index is 0. The first-order chi connectivity index (χ1) is 22.0. The van der Waals surface area contributed by atoms with Crippen LogP contribution in [0, 0.1) is 55.7 Å². The van der Waals surface area contributed by atoms with Crippen molar-refractivity contribution >= 4 is 37.9 Å². The smallest absolute Gasteiger partial charge is 0.662 e. The molecule has 268 valence electrons. The van der Waals surface area contributed by atoms with Gasteiger partial charge >= 0.3 is 27.9 Å². The molecule has 7 nitrogen and oxygen atoms in total. The van der Waals surface area contributed by atoms with Crippen LogP contribution in [0.3, 0.4) is 0 Å². The normalized spacial score (nSPS) is 18.0. The van der Waals surface area contributed by atoms with Crippen molar-refractivity contribution in [1.82, 2.24) is 0 Å². The van der Waals surface area contributed by atoms with Crippen molar-refractivity contribution in [3.05, 3.63) is 21.3 Å². The summed E-state index contributed by atoms with van der Waals surface area (Å²) in [7, 11) is 0. The first kappa shape index (κ1) is 52.7. The van der Waals surface area contributed by atoms with Gasteiger partial charge < -0.3 is 21.3 Å². The second-order valence-corrected chi connectivity index (χ2v) is 12.6. The van der Waals surface area contributed by atoms with Crippen LogP contribution in [-0.4, -0.2) is 52.4 Å². The van der Waals surface area contributed by atoms with Crippen LogP contribution in [0.1, 0.15) is 130 Å². The Balaban J connectivity index is -0.000000234. The number of nitrogens with zero attached hydrogens (tertiary/aromatic N) is 7.